The van der Waals surface area contributed by atoms with E-state index in [4.69, 9.17) is 11.1 Å². The molecule has 0 fully saturated rings. The third-order valence-corrected chi connectivity index (χ3v) is 2.24. The molecule has 0 aliphatic carbocycles. The van der Waals surface area contributed by atoms with Gasteiger partial charge in [0, 0.05) is 12.2 Å². The number of hydrogen-bond donors (Lipinski definition) is 2. The Morgan fingerprint density at radius 2 is 2.14 bits per heavy atom. The Balaban J connectivity index is 2.98. The smallest absolute Gasteiger partial charge is 0.192 e. The second kappa shape index (κ2) is 4.65. The van der Waals surface area contributed by atoms with Crippen molar-refractivity contribution in [2.45, 2.75) is 20.3 Å². The molecule has 0 radical (unpaired) electrons. The van der Waals surface area contributed by atoms with Gasteiger partial charge in [-0.25, -0.2) is 0 Å². The first-order valence-electron chi connectivity index (χ1n) is 4.89. The molecule has 0 unspecified atom stereocenters. The summed E-state index contributed by atoms with van der Waals surface area (Å²) in [5.74, 6) is 0.0979. The maximum atomic E-state index is 7.42. The largest absolute Gasteiger partial charge is 0.370 e. The van der Waals surface area contributed by atoms with Crippen LogP contribution in [0.2, 0.25) is 0 Å². The van der Waals surface area contributed by atoms with E-state index in [1.165, 1.54) is 5.56 Å². The fourth-order valence-corrected chi connectivity index (χ4v) is 1.44. The average Bonchev–Trinajstić information content (AvgIpc) is 2.19. The van der Waals surface area contributed by atoms with Gasteiger partial charge in [0.1, 0.15) is 0 Å². The zero-order chi connectivity index (χ0) is 10.6. The van der Waals surface area contributed by atoms with E-state index in [-0.39, 0.29) is 5.96 Å². The molecule has 0 saturated heterocycles. The van der Waals surface area contributed by atoms with Crippen molar-refractivity contribution in [3.05, 3.63) is 29.8 Å². The van der Waals surface area contributed by atoms with Gasteiger partial charge in [0.15, 0.2) is 5.96 Å². The van der Waals surface area contributed by atoms with E-state index in [1.54, 1.807) is 4.90 Å². The Hall–Kier alpha value is -1.51. The van der Waals surface area contributed by atoms with Gasteiger partial charge < -0.3 is 10.6 Å². The Kier molecular flexibility index (Phi) is 3.51. The predicted molar refractivity (Wildman–Crippen MR) is 60.8 cm³/mol. The monoisotopic (exact) mass is 191 g/mol. The highest BCUT2D eigenvalue weighted by Crippen LogP contribution is 2.15. The van der Waals surface area contributed by atoms with Gasteiger partial charge in [-0.05, 0) is 31.0 Å². The Bertz CT molecular complexity index is 320. The van der Waals surface area contributed by atoms with Crippen molar-refractivity contribution in [2.75, 3.05) is 11.4 Å². The summed E-state index contributed by atoms with van der Waals surface area (Å²) in [4.78, 5) is 1.78. The Morgan fingerprint density at radius 1 is 1.43 bits per heavy atom. The van der Waals surface area contributed by atoms with Crippen LogP contribution in [0.3, 0.4) is 0 Å². The van der Waals surface area contributed by atoms with Crippen LogP contribution in [0.1, 0.15) is 19.4 Å². The molecule has 0 aliphatic rings. The number of nitrogens with two attached hydrogens (primary N) is 1. The molecule has 0 bridgehead atoms. The van der Waals surface area contributed by atoms with Gasteiger partial charge >= 0.3 is 0 Å². The van der Waals surface area contributed by atoms with Gasteiger partial charge in [-0.3, -0.25) is 5.41 Å². The predicted octanol–water partition coefficient (Wildman–Crippen LogP) is 1.97. The minimum Gasteiger partial charge on any atom is -0.370 e. The zero-order valence-corrected chi connectivity index (χ0v) is 8.75. The van der Waals surface area contributed by atoms with Crippen molar-refractivity contribution in [2.24, 2.45) is 5.73 Å². The number of aryl methyl sites for hydroxylation is 1. The molecule has 0 saturated carbocycles. The fourth-order valence-electron chi connectivity index (χ4n) is 1.44. The first kappa shape index (κ1) is 10.6. The number of guanidine groups is 1. The van der Waals surface area contributed by atoms with Crippen molar-refractivity contribution < 1.29 is 0 Å². The summed E-state index contributed by atoms with van der Waals surface area (Å²) in [6, 6.07) is 8.13. The number of benzene rings is 1. The summed E-state index contributed by atoms with van der Waals surface area (Å²) in [5, 5.41) is 7.42. The van der Waals surface area contributed by atoms with Gasteiger partial charge in [0.05, 0.1) is 0 Å². The van der Waals surface area contributed by atoms with Crippen LogP contribution < -0.4 is 10.6 Å². The van der Waals surface area contributed by atoms with Gasteiger partial charge in [-0.1, -0.05) is 19.1 Å². The second-order valence-electron chi connectivity index (χ2n) is 3.15. The van der Waals surface area contributed by atoms with Crippen LogP contribution in [-0.4, -0.2) is 12.5 Å². The van der Waals surface area contributed by atoms with Crippen molar-refractivity contribution in [1.29, 1.82) is 5.41 Å². The maximum absolute atomic E-state index is 7.42. The average molecular weight is 191 g/mol. The molecule has 1 aromatic carbocycles. The van der Waals surface area contributed by atoms with Gasteiger partial charge in [0.2, 0.25) is 0 Å². The number of anilines is 1. The van der Waals surface area contributed by atoms with Crippen molar-refractivity contribution in [3.8, 4) is 0 Å². The number of nitrogens with one attached hydrogen (secondary N) is 1. The molecule has 0 aromatic heterocycles. The van der Waals surface area contributed by atoms with Crippen LogP contribution in [0.4, 0.5) is 5.69 Å². The lowest BCUT2D eigenvalue weighted by Gasteiger charge is -2.21. The Labute approximate surface area is 85.0 Å². The number of hydrogen-bond acceptors (Lipinski definition) is 1. The molecule has 0 aliphatic heterocycles. The molecule has 1 aromatic rings. The lowest BCUT2D eigenvalue weighted by atomic mass is 10.1. The van der Waals surface area contributed by atoms with Crippen molar-refractivity contribution >= 4 is 11.6 Å². The SMILES string of the molecule is CCc1cccc(N(CC)C(=N)N)c1. The van der Waals surface area contributed by atoms with Crippen LogP contribution in [0.25, 0.3) is 0 Å². The summed E-state index contributed by atoms with van der Waals surface area (Å²) < 4.78 is 0. The summed E-state index contributed by atoms with van der Waals surface area (Å²) in [6.07, 6.45) is 1.00. The Morgan fingerprint density at radius 3 is 2.64 bits per heavy atom. The van der Waals surface area contributed by atoms with Crippen LogP contribution >= 0.6 is 0 Å². The third-order valence-electron chi connectivity index (χ3n) is 2.24. The zero-order valence-electron chi connectivity index (χ0n) is 8.75. The highest BCUT2D eigenvalue weighted by atomic mass is 15.2. The summed E-state index contributed by atoms with van der Waals surface area (Å²) in [7, 11) is 0. The molecule has 3 heteroatoms. The highest BCUT2D eigenvalue weighted by Gasteiger charge is 2.06. The van der Waals surface area contributed by atoms with E-state index in [0.29, 0.717) is 0 Å². The quantitative estimate of drug-likeness (QED) is 0.567. The standard InChI is InChI=1S/C11H17N3/c1-3-9-6-5-7-10(8-9)14(4-2)11(12)13/h5-8H,3-4H2,1-2H3,(H3,12,13). The molecule has 76 valence electrons. The van der Waals surface area contributed by atoms with Crippen LogP contribution in [0.15, 0.2) is 24.3 Å². The molecule has 0 amide bonds. The van der Waals surface area contributed by atoms with Crippen LogP contribution in [0, 0.1) is 5.41 Å². The molecule has 3 nitrogen and oxygen atoms in total. The van der Waals surface area contributed by atoms with E-state index in [0.717, 1.165) is 18.7 Å². The molecular weight excluding hydrogens is 174 g/mol. The number of rotatable bonds is 3. The second-order valence-corrected chi connectivity index (χ2v) is 3.15. The number of nitrogens with zero attached hydrogens (tertiary/aromatic N) is 1. The van der Waals surface area contributed by atoms with Crippen LogP contribution in [-0.2, 0) is 6.42 Å². The molecular formula is C11H17N3. The van der Waals surface area contributed by atoms with Crippen LogP contribution in [0.5, 0.6) is 0 Å². The molecule has 1 rings (SSSR count). The molecule has 0 atom stereocenters. The lowest BCUT2D eigenvalue weighted by Crippen LogP contribution is -2.36. The minimum atomic E-state index is 0.0979. The highest BCUT2D eigenvalue weighted by molar-refractivity contribution is 5.92. The maximum Gasteiger partial charge on any atom is 0.192 e. The first-order valence-corrected chi connectivity index (χ1v) is 4.89. The molecule has 0 spiro atoms. The first-order chi connectivity index (χ1) is 6.69. The van der Waals surface area contributed by atoms with Crippen molar-refractivity contribution in [3.63, 3.8) is 0 Å². The summed E-state index contributed by atoms with van der Waals surface area (Å²) in [6.45, 7) is 4.83. The third kappa shape index (κ3) is 2.25. The molecule has 14 heavy (non-hydrogen) atoms. The molecule has 0 heterocycles. The summed E-state index contributed by atoms with van der Waals surface area (Å²) >= 11 is 0. The van der Waals surface area contributed by atoms with Gasteiger partial charge in [-0.2, -0.15) is 0 Å². The topological polar surface area (TPSA) is 53.1 Å². The normalized spacial score (nSPS) is 9.86. The van der Waals surface area contributed by atoms with Gasteiger partial charge in [0.25, 0.3) is 0 Å². The van der Waals surface area contributed by atoms with E-state index >= 15 is 0 Å². The minimum absolute atomic E-state index is 0.0979. The van der Waals surface area contributed by atoms with E-state index in [9.17, 15) is 0 Å². The lowest BCUT2D eigenvalue weighted by molar-refractivity contribution is 1.02. The summed E-state index contributed by atoms with van der Waals surface area (Å²) in [5.41, 5.74) is 7.75. The van der Waals surface area contributed by atoms with E-state index < -0.39 is 0 Å². The molecule has 3 N–H and O–H groups in total. The van der Waals surface area contributed by atoms with E-state index in [2.05, 4.69) is 19.1 Å². The van der Waals surface area contributed by atoms with Crippen molar-refractivity contribution in [1.82, 2.24) is 0 Å². The van der Waals surface area contributed by atoms with Gasteiger partial charge in [-0.15, -0.1) is 0 Å². The fraction of sp³-hybridized carbons (Fsp3) is 0.364. The van der Waals surface area contributed by atoms with E-state index in [1.807, 2.05) is 19.1 Å².